The highest BCUT2D eigenvalue weighted by molar-refractivity contribution is 9.10. The quantitative estimate of drug-likeness (QED) is 0.377. The predicted octanol–water partition coefficient (Wildman–Crippen LogP) is 5.31. The number of aryl methyl sites for hydroxylation is 1. The van der Waals surface area contributed by atoms with Gasteiger partial charge in [-0.05, 0) is 72.5 Å². The van der Waals surface area contributed by atoms with E-state index in [1.165, 1.54) is 6.08 Å². The van der Waals surface area contributed by atoms with Crippen LogP contribution in [0.25, 0.3) is 6.08 Å². The maximum atomic E-state index is 13.2. The Balaban J connectivity index is 1.59. The second-order valence-corrected chi connectivity index (χ2v) is 8.58. The molecular weight excluding hydrogens is 484 g/mol. The first kappa shape index (κ1) is 22.5. The number of rotatable bonds is 5. The lowest BCUT2D eigenvalue weighted by Gasteiger charge is -2.28. The van der Waals surface area contributed by atoms with Crippen molar-refractivity contribution in [1.29, 1.82) is 0 Å². The molecule has 1 saturated heterocycles. The monoisotopic (exact) mass is 504 g/mol. The first-order valence-electron chi connectivity index (χ1n) is 10.3. The first-order valence-corrected chi connectivity index (χ1v) is 11.1. The molecule has 0 aliphatic carbocycles. The molecule has 1 aliphatic rings. The molecule has 0 spiro atoms. The molecule has 0 aromatic heterocycles. The number of anilines is 1. The minimum absolute atomic E-state index is 0.124. The van der Waals surface area contributed by atoms with Gasteiger partial charge in [-0.3, -0.25) is 14.9 Å². The van der Waals surface area contributed by atoms with Crippen LogP contribution in [-0.4, -0.2) is 17.8 Å². The number of amides is 4. The third-order valence-electron chi connectivity index (χ3n) is 5.41. The SMILES string of the molecule is Cc1cccc(N2C(=O)NC(=O)/C(=C/c3cccc(OCc4ccc(Br)cc4)c3)C2=O)c1C. The molecule has 33 heavy (non-hydrogen) atoms. The van der Waals surface area contributed by atoms with E-state index in [1.54, 1.807) is 36.4 Å². The Hall–Kier alpha value is -3.71. The molecule has 1 heterocycles. The summed E-state index contributed by atoms with van der Waals surface area (Å²) in [5.41, 5.74) is 3.66. The minimum Gasteiger partial charge on any atom is -0.489 e. The Morgan fingerprint density at radius 3 is 2.45 bits per heavy atom. The van der Waals surface area contributed by atoms with E-state index in [-0.39, 0.29) is 5.57 Å². The number of hydrogen-bond donors (Lipinski definition) is 1. The highest BCUT2D eigenvalue weighted by Crippen LogP contribution is 2.27. The number of carbonyl (C=O) groups is 3. The summed E-state index contributed by atoms with van der Waals surface area (Å²) in [6, 6.07) is 19.5. The Morgan fingerprint density at radius 2 is 1.70 bits per heavy atom. The molecule has 4 amide bonds. The summed E-state index contributed by atoms with van der Waals surface area (Å²) in [6.45, 7) is 4.10. The molecule has 7 heteroatoms. The third kappa shape index (κ3) is 4.88. The Labute approximate surface area is 200 Å². The normalized spacial score (nSPS) is 15.1. The number of halogens is 1. The van der Waals surface area contributed by atoms with Gasteiger partial charge in [-0.25, -0.2) is 9.69 Å². The largest absolute Gasteiger partial charge is 0.489 e. The lowest BCUT2D eigenvalue weighted by atomic mass is 10.0. The van der Waals surface area contributed by atoms with Crippen molar-refractivity contribution in [2.45, 2.75) is 20.5 Å². The van der Waals surface area contributed by atoms with Gasteiger partial charge in [-0.2, -0.15) is 0 Å². The van der Waals surface area contributed by atoms with Gasteiger partial charge in [0.2, 0.25) is 0 Å². The molecule has 0 unspecified atom stereocenters. The van der Waals surface area contributed by atoms with Gasteiger partial charge in [0.1, 0.15) is 17.9 Å². The molecule has 6 nitrogen and oxygen atoms in total. The highest BCUT2D eigenvalue weighted by atomic mass is 79.9. The van der Waals surface area contributed by atoms with E-state index in [1.807, 2.05) is 44.2 Å². The maximum absolute atomic E-state index is 13.2. The van der Waals surface area contributed by atoms with E-state index in [0.717, 1.165) is 26.1 Å². The summed E-state index contributed by atoms with van der Waals surface area (Å²) in [5.74, 6) is -0.801. The summed E-state index contributed by atoms with van der Waals surface area (Å²) < 4.78 is 6.85. The molecule has 166 valence electrons. The number of ether oxygens (including phenoxy) is 1. The average Bonchev–Trinajstić information content (AvgIpc) is 2.79. The van der Waals surface area contributed by atoms with Gasteiger partial charge < -0.3 is 4.74 Å². The van der Waals surface area contributed by atoms with Crippen LogP contribution in [0.4, 0.5) is 10.5 Å². The van der Waals surface area contributed by atoms with Gasteiger partial charge in [0.05, 0.1) is 5.69 Å². The molecule has 1 aliphatic heterocycles. The van der Waals surface area contributed by atoms with E-state index in [0.29, 0.717) is 23.6 Å². The zero-order chi connectivity index (χ0) is 23.5. The second kappa shape index (κ2) is 9.42. The fraction of sp³-hybridized carbons (Fsp3) is 0.115. The molecular formula is C26H21BrN2O4. The van der Waals surface area contributed by atoms with Crippen LogP contribution in [-0.2, 0) is 16.2 Å². The molecule has 0 atom stereocenters. The van der Waals surface area contributed by atoms with Crippen LogP contribution in [0.1, 0.15) is 22.3 Å². The fourth-order valence-corrected chi connectivity index (χ4v) is 3.73. The van der Waals surface area contributed by atoms with E-state index in [4.69, 9.17) is 4.74 Å². The van der Waals surface area contributed by atoms with Crippen LogP contribution in [0.2, 0.25) is 0 Å². The summed E-state index contributed by atoms with van der Waals surface area (Å²) >= 11 is 3.41. The second-order valence-electron chi connectivity index (χ2n) is 7.66. The number of imide groups is 2. The molecule has 0 bridgehead atoms. The van der Waals surface area contributed by atoms with Crippen LogP contribution < -0.4 is 15.0 Å². The Kier molecular flexibility index (Phi) is 6.42. The van der Waals surface area contributed by atoms with Crippen LogP contribution in [0.3, 0.4) is 0 Å². The van der Waals surface area contributed by atoms with E-state index < -0.39 is 17.8 Å². The number of carbonyl (C=O) groups excluding carboxylic acids is 3. The van der Waals surface area contributed by atoms with Crippen LogP contribution in [0, 0.1) is 13.8 Å². The number of benzene rings is 3. The smallest absolute Gasteiger partial charge is 0.335 e. The molecule has 4 rings (SSSR count). The lowest BCUT2D eigenvalue weighted by molar-refractivity contribution is -0.122. The van der Waals surface area contributed by atoms with Gasteiger partial charge in [0, 0.05) is 4.47 Å². The number of hydrogen-bond acceptors (Lipinski definition) is 4. The van der Waals surface area contributed by atoms with E-state index in [2.05, 4.69) is 21.2 Å². The van der Waals surface area contributed by atoms with Gasteiger partial charge in [-0.15, -0.1) is 0 Å². The van der Waals surface area contributed by atoms with Crippen LogP contribution in [0.15, 0.2) is 76.8 Å². The molecule has 1 fully saturated rings. The Bertz CT molecular complexity index is 1280. The molecule has 3 aromatic carbocycles. The van der Waals surface area contributed by atoms with Gasteiger partial charge >= 0.3 is 6.03 Å². The van der Waals surface area contributed by atoms with Crippen molar-refractivity contribution < 1.29 is 19.1 Å². The van der Waals surface area contributed by atoms with Crippen molar-refractivity contribution in [3.05, 3.63) is 99.0 Å². The fourth-order valence-electron chi connectivity index (χ4n) is 3.46. The van der Waals surface area contributed by atoms with Gasteiger partial charge in [0.25, 0.3) is 11.8 Å². The van der Waals surface area contributed by atoms with E-state index in [9.17, 15) is 14.4 Å². The highest BCUT2D eigenvalue weighted by Gasteiger charge is 2.37. The number of nitrogens with zero attached hydrogens (tertiary/aromatic N) is 1. The average molecular weight is 505 g/mol. The zero-order valence-electron chi connectivity index (χ0n) is 18.1. The van der Waals surface area contributed by atoms with Crippen LogP contribution in [0.5, 0.6) is 5.75 Å². The van der Waals surface area contributed by atoms with Crippen molar-refractivity contribution in [3.8, 4) is 5.75 Å². The molecule has 0 radical (unpaired) electrons. The molecule has 1 N–H and O–H groups in total. The van der Waals surface area contributed by atoms with Crippen molar-refractivity contribution in [2.24, 2.45) is 0 Å². The lowest BCUT2D eigenvalue weighted by Crippen LogP contribution is -2.54. The number of barbiturate groups is 1. The Morgan fingerprint density at radius 1 is 0.970 bits per heavy atom. The summed E-state index contributed by atoms with van der Waals surface area (Å²) in [4.78, 5) is 39.2. The van der Waals surface area contributed by atoms with Crippen molar-refractivity contribution >= 4 is 45.5 Å². The van der Waals surface area contributed by atoms with E-state index >= 15 is 0 Å². The van der Waals surface area contributed by atoms with Gasteiger partial charge in [0.15, 0.2) is 0 Å². The standard InChI is InChI=1S/C26H21BrN2O4/c1-16-5-3-8-23(17(16)2)29-25(31)22(24(30)28-26(29)32)14-19-6-4-7-21(13-19)33-15-18-9-11-20(27)12-10-18/h3-14H,15H2,1-2H3,(H,28,30,32)/b22-14-. The molecule has 0 saturated carbocycles. The topological polar surface area (TPSA) is 75.7 Å². The summed E-state index contributed by atoms with van der Waals surface area (Å²) in [7, 11) is 0. The van der Waals surface area contributed by atoms with Crippen molar-refractivity contribution in [2.75, 3.05) is 4.90 Å². The first-order chi connectivity index (χ1) is 15.8. The summed E-state index contributed by atoms with van der Waals surface area (Å²) in [5, 5.41) is 2.26. The van der Waals surface area contributed by atoms with Crippen molar-refractivity contribution in [1.82, 2.24) is 5.32 Å². The molecule has 3 aromatic rings. The zero-order valence-corrected chi connectivity index (χ0v) is 19.7. The van der Waals surface area contributed by atoms with Crippen molar-refractivity contribution in [3.63, 3.8) is 0 Å². The predicted molar refractivity (Wildman–Crippen MR) is 130 cm³/mol. The number of nitrogens with one attached hydrogen (secondary N) is 1. The number of urea groups is 1. The third-order valence-corrected chi connectivity index (χ3v) is 5.94. The minimum atomic E-state index is -0.762. The van der Waals surface area contributed by atoms with Gasteiger partial charge in [-0.1, -0.05) is 52.3 Å². The summed E-state index contributed by atoms with van der Waals surface area (Å²) in [6.07, 6.45) is 1.47. The van der Waals surface area contributed by atoms with Crippen LogP contribution >= 0.6 is 15.9 Å². The maximum Gasteiger partial charge on any atom is 0.335 e.